The normalized spacial score (nSPS) is 13.4. The van der Waals surface area contributed by atoms with Crippen molar-refractivity contribution < 1.29 is 4.84 Å². The van der Waals surface area contributed by atoms with Gasteiger partial charge in [-0.05, 0) is 18.4 Å². The fourth-order valence-electron chi connectivity index (χ4n) is 0.773. The molecule has 10 heavy (non-hydrogen) atoms. The Balaban J connectivity index is 2.50. The smallest absolute Gasteiger partial charge is 0.0636 e. The number of hydrogen-bond acceptors (Lipinski definition) is 3. The molecule has 1 aromatic rings. The zero-order valence-corrected chi connectivity index (χ0v) is 6.94. The maximum absolute atomic E-state index is 4.78. The molecule has 1 N–H and O–H groups in total. The van der Waals surface area contributed by atoms with Gasteiger partial charge < -0.3 is 4.84 Å². The Hall–Kier alpha value is -0.380. The predicted octanol–water partition coefficient (Wildman–Crippen LogP) is 1.96. The van der Waals surface area contributed by atoms with E-state index in [0.29, 0.717) is 6.04 Å². The summed E-state index contributed by atoms with van der Waals surface area (Å²) >= 11 is 1.73. The van der Waals surface area contributed by atoms with Crippen LogP contribution in [0.25, 0.3) is 0 Å². The Morgan fingerprint density at radius 3 is 3.00 bits per heavy atom. The van der Waals surface area contributed by atoms with Gasteiger partial charge in [-0.2, -0.15) is 5.48 Å². The first-order chi connectivity index (χ1) is 4.84. The molecule has 0 amide bonds. The van der Waals surface area contributed by atoms with Gasteiger partial charge in [0.2, 0.25) is 0 Å². The molecule has 1 rings (SSSR count). The molecule has 0 fully saturated rings. The van der Waals surface area contributed by atoms with Crippen LogP contribution in [-0.4, -0.2) is 7.11 Å². The lowest BCUT2D eigenvalue weighted by Crippen LogP contribution is -2.15. The van der Waals surface area contributed by atoms with Gasteiger partial charge in [0.25, 0.3) is 0 Å². The van der Waals surface area contributed by atoms with E-state index in [1.807, 2.05) is 6.07 Å². The zero-order chi connectivity index (χ0) is 7.40. The SMILES string of the molecule is CON[C@H](C)c1cccs1. The van der Waals surface area contributed by atoms with Gasteiger partial charge in [0.05, 0.1) is 13.2 Å². The first-order valence-electron chi connectivity index (χ1n) is 3.16. The third-order valence-corrected chi connectivity index (χ3v) is 2.32. The maximum Gasteiger partial charge on any atom is 0.0636 e. The van der Waals surface area contributed by atoms with Gasteiger partial charge in [0.15, 0.2) is 0 Å². The van der Waals surface area contributed by atoms with Crippen LogP contribution in [0.3, 0.4) is 0 Å². The van der Waals surface area contributed by atoms with E-state index in [0.717, 1.165) is 0 Å². The minimum Gasteiger partial charge on any atom is -0.305 e. The topological polar surface area (TPSA) is 21.3 Å². The van der Waals surface area contributed by atoms with Crippen molar-refractivity contribution in [1.29, 1.82) is 0 Å². The van der Waals surface area contributed by atoms with Gasteiger partial charge in [-0.15, -0.1) is 11.3 Å². The minimum absolute atomic E-state index is 0.296. The fourth-order valence-corrected chi connectivity index (χ4v) is 1.50. The molecular formula is C7H11NOS. The van der Waals surface area contributed by atoms with E-state index < -0.39 is 0 Å². The molecule has 56 valence electrons. The van der Waals surface area contributed by atoms with Crippen molar-refractivity contribution in [2.75, 3.05) is 7.11 Å². The van der Waals surface area contributed by atoms with E-state index in [2.05, 4.69) is 23.9 Å². The highest BCUT2D eigenvalue weighted by molar-refractivity contribution is 7.10. The monoisotopic (exact) mass is 157 g/mol. The lowest BCUT2D eigenvalue weighted by Gasteiger charge is -2.07. The summed E-state index contributed by atoms with van der Waals surface area (Å²) in [6.07, 6.45) is 0. The molecule has 0 radical (unpaired) electrons. The zero-order valence-electron chi connectivity index (χ0n) is 6.13. The van der Waals surface area contributed by atoms with E-state index in [1.165, 1.54) is 4.88 Å². The first kappa shape index (κ1) is 7.72. The molecule has 0 unspecified atom stereocenters. The Bertz CT molecular complexity index is 174. The van der Waals surface area contributed by atoms with Crippen molar-refractivity contribution in [2.45, 2.75) is 13.0 Å². The van der Waals surface area contributed by atoms with E-state index in [9.17, 15) is 0 Å². The van der Waals surface area contributed by atoms with Gasteiger partial charge in [0, 0.05) is 4.88 Å². The van der Waals surface area contributed by atoms with Crippen LogP contribution >= 0.6 is 11.3 Å². The molecule has 0 aliphatic heterocycles. The summed E-state index contributed by atoms with van der Waals surface area (Å²) in [4.78, 5) is 6.08. The Morgan fingerprint density at radius 1 is 1.70 bits per heavy atom. The summed E-state index contributed by atoms with van der Waals surface area (Å²) in [7, 11) is 1.63. The molecule has 0 spiro atoms. The van der Waals surface area contributed by atoms with Crippen molar-refractivity contribution >= 4 is 11.3 Å². The van der Waals surface area contributed by atoms with E-state index >= 15 is 0 Å². The highest BCUT2D eigenvalue weighted by atomic mass is 32.1. The second-order valence-corrected chi connectivity index (χ2v) is 3.04. The Kier molecular flexibility index (Phi) is 2.86. The van der Waals surface area contributed by atoms with Crippen LogP contribution in [0.4, 0.5) is 0 Å². The van der Waals surface area contributed by atoms with Crippen molar-refractivity contribution in [3.63, 3.8) is 0 Å². The summed E-state index contributed by atoms with van der Waals surface area (Å²) in [5.74, 6) is 0. The number of nitrogens with one attached hydrogen (secondary N) is 1. The van der Waals surface area contributed by atoms with Crippen LogP contribution in [0.5, 0.6) is 0 Å². The molecule has 1 atom stereocenters. The van der Waals surface area contributed by atoms with Gasteiger partial charge in [-0.1, -0.05) is 6.07 Å². The maximum atomic E-state index is 4.78. The van der Waals surface area contributed by atoms with Crippen LogP contribution in [0.1, 0.15) is 17.8 Å². The number of rotatable bonds is 3. The van der Waals surface area contributed by atoms with Crippen molar-refractivity contribution in [2.24, 2.45) is 0 Å². The van der Waals surface area contributed by atoms with E-state index in [-0.39, 0.29) is 0 Å². The second kappa shape index (κ2) is 3.71. The van der Waals surface area contributed by atoms with Gasteiger partial charge >= 0.3 is 0 Å². The average molecular weight is 157 g/mol. The quantitative estimate of drug-likeness (QED) is 0.677. The molecule has 0 aliphatic rings. The van der Waals surface area contributed by atoms with Crippen LogP contribution in [-0.2, 0) is 4.84 Å². The lowest BCUT2D eigenvalue weighted by atomic mass is 10.3. The Morgan fingerprint density at radius 2 is 2.50 bits per heavy atom. The number of hydroxylamine groups is 1. The number of hydrogen-bond donors (Lipinski definition) is 1. The molecule has 0 aromatic carbocycles. The lowest BCUT2D eigenvalue weighted by molar-refractivity contribution is 0.0668. The average Bonchev–Trinajstić information content (AvgIpc) is 2.38. The van der Waals surface area contributed by atoms with Gasteiger partial charge in [0.1, 0.15) is 0 Å². The number of thiophene rings is 1. The summed E-state index contributed by atoms with van der Waals surface area (Å²) < 4.78 is 0. The standard InChI is InChI=1S/C7H11NOS/c1-6(8-9-2)7-4-3-5-10-7/h3-6,8H,1-2H3/t6-/m1/s1. The Labute approximate surface area is 64.8 Å². The van der Waals surface area contributed by atoms with Crippen molar-refractivity contribution in [3.8, 4) is 0 Å². The van der Waals surface area contributed by atoms with E-state index in [4.69, 9.17) is 4.84 Å². The second-order valence-electron chi connectivity index (χ2n) is 2.06. The molecule has 0 bridgehead atoms. The third-order valence-electron chi connectivity index (χ3n) is 1.26. The molecule has 0 saturated carbocycles. The highest BCUT2D eigenvalue weighted by Gasteiger charge is 2.02. The summed E-state index contributed by atoms with van der Waals surface area (Å²) in [6.45, 7) is 2.06. The van der Waals surface area contributed by atoms with Crippen LogP contribution in [0, 0.1) is 0 Å². The summed E-state index contributed by atoms with van der Waals surface area (Å²) in [5.41, 5.74) is 2.86. The minimum atomic E-state index is 0.296. The van der Waals surface area contributed by atoms with Crippen LogP contribution in [0.2, 0.25) is 0 Å². The van der Waals surface area contributed by atoms with Gasteiger partial charge in [-0.25, -0.2) is 0 Å². The predicted molar refractivity (Wildman–Crippen MR) is 42.9 cm³/mol. The van der Waals surface area contributed by atoms with Crippen molar-refractivity contribution in [1.82, 2.24) is 5.48 Å². The molecule has 1 aromatic heterocycles. The molecule has 0 aliphatic carbocycles. The van der Waals surface area contributed by atoms with Crippen LogP contribution < -0.4 is 5.48 Å². The molecule has 3 heteroatoms. The van der Waals surface area contributed by atoms with Crippen molar-refractivity contribution in [3.05, 3.63) is 22.4 Å². The van der Waals surface area contributed by atoms with Gasteiger partial charge in [-0.3, -0.25) is 0 Å². The van der Waals surface area contributed by atoms with E-state index in [1.54, 1.807) is 18.4 Å². The summed E-state index contributed by atoms with van der Waals surface area (Å²) in [6, 6.07) is 4.42. The molecule has 2 nitrogen and oxygen atoms in total. The first-order valence-corrected chi connectivity index (χ1v) is 4.04. The summed E-state index contributed by atoms with van der Waals surface area (Å²) in [5, 5.41) is 2.06. The van der Waals surface area contributed by atoms with Crippen LogP contribution in [0.15, 0.2) is 17.5 Å². The fraction of sp³-hybridized carbons (Fsp3) is 0.429. The highest BCUT2D eigenvalue weighted by Crippen LogP contribution is 2.17. The largest absolute Gasteiger partial charge is 0.305 e. The molecule has 1 heterocycles. The third kappa shape index (κ3) is 1.80. The molecule has 0 saturated heterocycles. The molecular weight excluding hydrogens is 146 g/mol.